The molecule has 7 heteroatoms. The summed E-state index contributed by atoms with van der Waals surface area (Å²) in [5.41, 5.74) is 1.95. The first kappa shape index (κ1) is 21.5. The zero-order valence-electron chi connectivity index (χ0n) is 17.2. The summed E-state index contributed by atoms with van der Waals surface area (Å²) in [6.07, 6.45) is 3.02. The number of hydrogen-bond acceptors (Lipinski definition) is 5. The smallest absolute Gasteiger partial charge is 0.264 e. The number of thiophene rings is 1. The highest BCUT2D eigenvalue weighted by Gasteiger charge is 2.24. The molecular formula is C22H26ClN3O2S. The van der Waals surface area contributed by atoms with Crippen LogP contribution in [0.5, 0.6) is 0 Å². The topological polar surface area (TPSA) is 59.2 Å². The molecule has 2 aromatic heterocycles. The highest BCUT2D eigenvalue weighted by molar-refractivity contribution is 7.14. The second-order valence-corrected chi connectivity index (χ2v) is 8.71. The Bertz CT molecular complexity index is 980. The van der Waals surface area contributed by atoms with Crippen molar-refractivity contribution < 1.29 is 9.21 Å². The van der Waals surface area contributed by atoms with Crippen LogP contribution in [-0.4, -0.2) is 27.0 Å². The Kier molecular flexibility index (Phi) is 7.09. The van der Waals surface area contributed by atoms with Gasteiger partial charge in [-0.1, -0.05) is 44.0 Å². The fourth-order valence-corrected chi connectivity index (χ4v) is 4.68. The monoisotopic (exact) mass is 431 g/mol. The van der Waals surface area contributed by atoms with Crippen LogP contribution in [0.3, 0.4) is 0 Å². The van der Waals surface area contributed by atoms with Crippen molar-refractivity contribution >= 4 is 28.8 Å². The van der Waals surface area contributed by atoms with Crippen LogP contribution in [0.1, 0.15) is 60.1 Å². The summed E-state index contributed by atoms with van der Waals surface area (Å²) < 4.78 is 5.81. The summed E-state index contributed by atoms with van der Waals surface area (Å²) >= 11 is 7.82. The van der Waals surface area contributed by atoms with Crippen LogP contribution in [0.2, 0.25) is 5.02 Å². The van der Waals surface area contributed by atoms with Gasteiger partial charge in [0.15, 0.2) is 0 Å². The van der Waals surface area contributed by atoms with Gasteiger partial charge in [0.1, 0.15) is 0 Å². The molecule has 0 N–H and O–H groups in total. The normalized spacial score (nSPS) is 11.2. The summed E-state index contributed by atoms with van der Waals surface area (Å²) in [6.45, 7) is 8.53. The Balaban J connectivity index is 1.82. The molecule has 3 aromatic rings. The number of hydrogen-bond donors (Lipinski definition) is 0. The van der Waals surface area contributed by atoms with E-state index in [2.05, 4.69) is 24.0 Å². The van der Waals surface area contributed by atoms with Gasteiger partial charge in [0.05, 0.1) is 22.0 Å². The molecule has 0 spiro atoms. The molecule has 5 nitrogen and oxygen atoms in total. The van der Waals surface area contributed by atoms with Gasteiger partial charge < -0.3 is 9.32 Å². The number of carbonyl (C=O) groups is 1. The van der Waals surface area contributed by atoms with Crippen molar-refractivity contribution in [3.05, 3.63) is 56.6 Å². The number of halogens is 1. The van der Waals surface area contributed by atoms with Crippen molar-refractivity contribution in [1.82, 2.24) is 15.1 Å². The van der Waals surface area contributed by atoms with E-state index in [-0.39, 0.29) is 18.5 Å². The number of rotatable bonds is 8. The second-order valence-electron chi connectivity index (χ2n) is 7.17. The lowest BCUT2D eigenvalue weighted by Crippen LogP contribution is -2.36. The molecule has 0 fully saturated rings. The van der Waals surface area contributed by atoms with Gasteiger partial charge in [-0.3, -0.25) is 4.79 Å². The van der Waals surface area contributed by atoms with Gasteiger partial charge in [-0.25, -0.2) is 0 Å². The van der Waals surface area contributed by atoms with Gasteiger partial charge in [0.2, 0.25) is 11.8 Å². The van der Waals surface area contributed by atoms with Crippen molar-refractivity contribution in [3.8, 4) is 11.5 Å². The highest BCUT2D eigenvalue weighted by atomic mass is 35.5. The molecule has 0 atom stereocenters. The van der Waals surface area contributed by atoms with E-state index in [0.717, 1.165) is 24.1 Å². The van der Waals surface area contributed by atoms with E-state index in [4.69, 9.17) is 16.0 Å². The summed E-state index contributed by atoms with van der Waals surface area (Å²) in [5, 5.41) is 8.80. The molecule has 0 aliphatic carbocycles. The zero-order valence-corrected chi connectivity index (χ0v) is 18.8. The highest BCUT2D eigenvalue weighted by Crippen LogP contribution is 2.28. The van der Waals surface area contributed by atoms with Crippen molar-refractivity contribution in [2.45, 2.75) is 59.5 Å². The number of carbonyl (C=O) groups excluding carboxylic acids is 1. The second kappa shape index (κ2) is 9.55. The Morgan fingerprint density at radius 2 is 2.00 bits per heavy atom. The Labute approximate surface area is 180 Å². The third kappa shape index (κ3) is 4.87. The lowest BCUT2D eigenvalue weighted by molar-refractivity contribution is 0.0677. The fraction of sp³-hybridized carbons (Fsp3) is 0.409. The molecule has 154 valence electrons. The van der Waals surface area contributed by atoms with Gasteiger partial charge in [-0.05, 0) is 50.5 Å². The number of aromatic nitrogens is 2. The van der Waals surface area contributed by atoms with E-state index in [0.29, 0.717) is 22.4 Å². The van der Waals surface area contributed by atoms with Gasteiger partial charge in [0.25, 0.3) is 5.91 Å². The molecule has 0 aliphatic heterocycles. The van der Waals surface area contributed by atoms with E-state index >= 15 is 0 Å². The fourth-order valence-electron chi connectivity index (χ4n) is 3.15. The first-order valence-electron chi connectivity index (χ1n) is 9.94. The van der Waals surface area contributed by atoms with Gasteiger partial charge in [-0.2, -0.15) is 0 Å². The van der Waals surface area contributed by atoms with Crippen LogP contribution in [0.4, 0.5) is 0 Å². The quantitative estimate of drug-likeness (QED) is 0.437. The zero-order chi connectivity index (χ0) is 21.0. The molecule has 0 radical (unpaired) electrons. The van der Waals surface area contributed by atoms with Gasteiger partial charge in [-0.15, -0.1) is 21.5 Å². The average molecular weight is 432 g/mol. The maximum Gasteiger partial charge on any atom is 0.264 e. The summed E-state index contributed by atoms with van der Waals surface area (Å²) in [5.74, 6) is 0.749. The maximum absolute atomic E-state index is 13.2. The predicted octanol–water partition coefficient (Wildman–Crippen LogP) is 6.02. The molecule has 3 rings (SSSR count). The van der Waals surface area contributed by atoms with Gasteiger partial charge >= 0.3 is 0 Å². The largest absolute Gasteiger partial charge is 0.419 e. The minimum atomic E-state index is -0.000420. The molecule has 1 amide bonds. The van der Waals surface area contributed by atoms with Crippen molar-refractivity contribution in [3.63, 3.8) is 0 Å². The molecule has 2 heterocycles. The van der Waals surface area contributed by atoms with E-state index in [1.807, 2.05) is 38.1 Å². The maximum atomic E-state index is 13.2. The predicted molar refractivity (Wildman–Crippen MR) is 117 cm³/mol. The van der Waals surface area contributed by atoms with E-state index in [1.165, 1.54) is 10.4 Å². The number of nitrogens with zero attached hydrogens (tertiary/aromatic N) is 3. The molecule has 0 unspecified atom stereocenters. The summed E-state index contributed by atoms with van der Waals surface area (Å²) in [6, 6.07) is 9.36. The Morgan fingerprint density at radius 1 is 1.24 bits per heavy atom. The van der Waals surface area contributed by atoms with Crippen LogP contribution < -0.4 is 0 Å². The van der Waals surface area contributed by atoms with Crippen LogP contribution in [0.15, 0.2) is 34.7 Å². The number of aryl methyl sites for hydroxylation is 2. The molecular weight excluding hydrogens is 406 g/mol. The third-order valence-electron chi connectivity index (χ3n) is 4.73. The average Bonchev–Trinajstić information content (AvgIpc) is 3.33. The van der Waals surface area contributed by atoms with E-state index in [9.17, 15) is 4.79 Å². The Hall–Kier alpha value is -2.18. The number of benzene rings is 1. The van der Waals surface area contributed by atoms with Crippen molar-refractivity contribution in [2.24, 2.45) is 0 Å². The lowest BCUT2D eigenvalue weighted by Gasteiger charge is -2.24. The van der Waals surface area contributed by atoms with E-state index < -0.39 is 0 Å². The third-order valence-corrected chi connectivity index (χ3v) is 6.28. The molecule has 29 heavy (non-hydrogen) atoms. The van der Waals surface area contributed by atoms with Crippen LogP contribution in [0, 0.1) is 0 Å². The number of amides is 1. The van der Waals surface area contributed by atoms with Crippen molar-refractivity contribution in [2.75, 3.05) is 0 Å². The van der Waals surface area contributed by atoms with Gasteiger partial charge in [0, 0.05) is 10.9 Å². The minimum absolute atomic E-state index is 0.0000325. The first-order valence-corrected chi connectivity index (χ1v) is 11.1. The van der Waals surface area contributed by atoms with Crippen molar-refractivity contribution in [1.29, 1.82) is 0 Å². The minimum Gasteiger partial charge on any atom is -0.419 e. The van der Waals surface area contributed by atoms with Crippen LogP contribution >= 0.6 is 22.9 Å². The van der Waals surface area contributed by atoms with Crippen LogP contribution in [-0.2, 0) is 19.4 Å². The molecule has 1 aromatic carbocycles. The molecule has 0 saturated heterocycles. The summed E-state index contributed by atoms with van der Waals surface area (Å²) in [4.78, 5) is 17.1. The lowest BCUT2D eigenvalue weighted by atomic mass is 10.1. The summed E-state index contributed by atoms with van der Waals surface area (Å²) in [7, 11) is 0. The SMILES string of the molecule is CCCc1sc(C(=O)N(Cc2nnc(-c3ccccc3Cl)o2)C(C)C)cc1CC. The standard InChI is InChI=1S/C22H26ClN3O2S/c1-5-9-18-15(6-2)12-19(29-18)22(27)26(14(3)4)13-20-24-25-21(28-20)16-10-7-8-11-17(16)23/h7-8,10-12,14H,5-6,9,13H2,1-4H3. The van der Waals surface area contributed by atoms with E-state index in [1.54, 1.807) is 22.3 Å². The first-order chi connectivity index (χ1) is 13.9. The molecule has 0 saturated carbocycles. The molecule has 0 aliphatic rings. The molecule has 0 bridgehead atoms. The van der Waals surface area contributed by atoms with Crippen LogP contribution in [0.25, 0.3) is 11.5 Å². The Morgan fingerprint density at radius 3 is 2.66 bits per heavy atom.